The van der Waals surface area contributed by atoms with Crippen LogP contribution in [0, 0.1) is 5.41 Å². The van der Waals surface area contributed by atoms with Crippen molar-refractivity contribution in [3.63, 3.8) is 0 Å². The standard InChI is InChI=1S/C9H11NO2/c1-12-9(10)8(11)7-5-3-2-4-6-7/h2-6,8,10-11H,1H3/t8-/m0/s1. The summed E-state index contributed by atoms with van der Waals surface area (Å²) in [7, 11) is 1.37. The zero-order valence-corrected chi connectivity index (χ0v) is 6.82. The number of methoxy groups -OCH3 is 1. The molecule has 3 nitrogen and oxygen atoms in total. The summed E-state index contributed by atoms with van der Waals surface area (Å²) in [6, 6.07) is 8.96. The molecule has 2 N–H and O–H groups in total. The number of nitrogens with one attached hydrogen (secondary N) is 1. The lowest BCUT2D eigenvalue weighted by Gasteiger charge is -2.09. The highest BCUT2D eigenvalue weighted by molar-refractivity contribution is 5.78. The minimum Gasteiger partial charge on any atom is -0.482 e. The Morgan fingerprint density at radius 2 is 2.00 bits per heavy atom. The molecule has 3 heteroatoms. The maximum absolute atomic E-state index is 9.44. The largest absolute Gasteiger partial charge is 0.482 e. The van der Waals surface area contributed by atoms with Gasteiger partial charge >= 0.3 is 0 Å². The Balaban J connectivity index is 2.78. The zero-order chi connectivity index (χ0) is 8.97. The van der Waals surface area contributed by atoms with Crippen molar-refractivity contribution in [2.24, 2.45) is 0 Å². The van der Waals surface area contributed by atoms with Crippen molar-refractivity contribution in [3.8, 4) is 0 Å². The maximum Gasteiger partial charge on any atom is 0.214 e. The molecule has 0 radical (unpaired) electrons. The number of benzene rings is 1. The van der Waals surface area contributed by atoms with Gasteiger partial charge in [0.15, 0.2) is 6.10 Å². The highest BCUT2D eigenvalue weighted by atomic mass is 16.5. The van der Waals surface area contributed by atoms with Crippen LogP contribution >= 0.6 is 0 Å². The van der Waals surface area contributed by atoms with Gasteiger partial charge in [0.1, 0.15) is 0 Å². The van der Waals surface area contributed by atoms with Gasteiger partial charge in [0.2, 0.25) is 5.90 Å². The van der Waals surface area contributed by atoms with Crippen molar-refractivity contribution < 1.29 is 9.84 Å². The van der Waals surface area contributed by atoms with Crippen LogP contribution in [-0.4, -0.2) is 18.1 Å². The molecule has 1 aromatic carbocycles. The van der Waals surface area contributed by atoms with E-state index in [0.717, 1.165) is 0 Å². The van der Waals surface area contributed by atoms with E-state index >= 15 is 0 Å². The second-order valence-electron chi connectivity index (χ2n) is 2.38. The second-order valence-corrected chi connectivity index (χ2v) is 2.38. The van der Waals surface area contributed by atoms with E-state index in [1.165, 1.54) is 7.11 Å². The van der Waals surface area contributed by atoms with Crippen LogP contribution in [0.15, 0.2) is 30.3 Å². The summed E-state index contributed by atoms with van der Waals surface area (Å²) >= 11 is 0. The fourth-order valence-corrected chi connectivity index (χ4v) is 0.898. The monoisotopic (exact) mass is 165 g/mol. The summed E-state index contributed by atoms with van der Waals surface area (Å²) in [5.41, 5.74) is 0.671. The van der Waals surface area contributed by atoms with Gasteiger partial charge in [-0.2, -0.15) is 0 Å². The lowest BCUT2D eigenvalue weighted by Crippen LogP contribution is -2.12. The van der Waals surface area contributed by atoms with Gasteiger partial charge < -0.3 is 9.84 Å². The molecule has 0 aliphatic heterocycles. The van der Waals surface area contributed by atoms with E-state index in [9.17, 15) is 5.11 Å². The third kappa shape index (κ3) is 1.83. The molecule has 0 amide bonds. The summed E-state index contributed by atoms with van der Waals surface area (Å²) < 4.78 is 4.60. The molecule has 0 aromatic heterocycles. The van der Waals surface area contributed by atoms with E-state index in [0.29, 0.717) is 5.56 Å². The third-order valence-electron chi connectivity index (χ3n) is 1.58. The summed E-state index contributed by atoms with van der Waals surface area (Å²) in [4.78, 5) is 0. The summed E-state index contributed by atoms with van der Waals surface area (Å²) in [5.74, 6) is -0.138. The smallest absolute Gasteiger partial charge is 0.214 e. The number of aliphatic hydroxyl groups is 1. The van der Waals surface area contributed by atoms with Crippen molar-refractivity contribution >= 4 is 5.90 Å². The topological polar surface area (TPSA) is 53.3 Å². The van der Waals surface area contributed by atoms with Gasteiger partial charge in [0.25, 0.3) is 0 Å². The molecule has 0 saturated heterocycles. The van der Waals surface area contributed by atoms with E-state index in [1.54, 1.807) is 12.1 Å². The van der Waals surface area contributed by atoms with Crippen LogP contribution in [-0.2, 0) is 4.74 Å². The average molecular weight is 165 g/mol. The molecule has 0 unspecified atom stereocenters. The van der Waals surface area contributed by atoms with Crippen molar-refractivity contribution in [1.29, 1.82) is 5.41 Å². The average Bonchev–Trinajstić information content (AvgIpc) is 2.17. The van der Waals surface area contributed by atoms with Gasteiger partial charge in [-0.15, -0.1) is 0 Å². The van der Waals surface area contributed by atoms with Crippen LogP contribution in [0.5, 0.6) is 0 Å². The van der Waals surface area contributed by atoms with Crippen LogP contribution in [0.1, 0.15) is 11.7 Å². The Labute approximate surface area is 71.1 Å². The van der Waals surface area contributed by atoms with Crippen molar-refractivity contribution in [3.05, 3.63) is 35.9 Å². The Morgan fingerprint density at radius 1 is 1.42 bits per heavy atom. The highest BCUT2D eigenvalue weighted by Crippen LogP contribution is 2.12. The van der Waals surface area contributed by atoms with Crippen LogP contribution in [0.2, 0.25) is 0 Å². The first-order chi connectivity index (χ1) is 5.75. The van der Waals surface area contributed by atoms with E-state index in [-0.39, 0.29) is 5.90 Å². The minimum atomic E-state index is -0.948. The number of rotatable bonds is 2. The van der Waals surface area contributed by atoms with Crippen LogP contribution in [0.4, 0.5) is 0 Å². The SMILES string of the molecule is COC(=N)[C@@H](O)c1ccccc1. The number of hydrogen-bond donors (Lipinski definition) is 2. The van der Waals surface area contributed by atoms with Gasteiger partial charge in [-0.1, -0.05) is 30.3 Å². The van der Waals surface area contributed by atoms with E-state index in [2.05, 4.69) is 4.74 Å². The molecule has 0 heterocycles. The van der Waals surface area contributed by atoms with Gasteiger partial charge in [-0.25, -0.2) is 0 Å². The molecule has 1 rings (SSSR count). The zero-order valence-electron chi connectivity index (χ0n) is 6.82. The van der Waals surface area contributed by atoms with Crippen molar-refractivity contribution in [2.75, 3.05) is 7.11 Å². The molecule has 0 aliphatic rings. The van der Waals surface area contributed by atoms with Crippen LogP contribution in [0.25, 0.3) is 0 Å². The van der Waals surface area contributed by atoms with Gasteiger partial charge in [-0.05, 0) is 5.56 Å². The minimum absolute atomic E-state index is 0.138. The first-order valence-corrected chi connectivity index (χ1v) is 3.61. The molecule has 0 spiro atoms. The van der Waals surface area contributed by atoms with Gasteiger partial charge in [-0.3, -0.25) is 5.41 Å². The molecular formula is C9H11NO2. The maximum atomic E-state index is 9.44. The number of hydrogen-bond acceptors (Lipinski definition) is 3. The normalized spacial score (nSPS) is 12.2. The predicted octanol–water partition coefficient (Wildman–Crippen LogP) is 1.34. The van der Waals surface area contributed by atoms with Crippen LogP contribution < -0.4 is 0 Å². The quantitative estimate of drug-likeness (QED) is 0.513. The lowest BCUT2D eigenvalue weighted by molar-refractivity contribution is 0.205. The molecule has 0 saturated carbocycles. The fourth-order valence-electron chi connectivity index (χ4n) is 0.898. The number of ether oxygens (including phenoxy) is 1. The molecule has 0 aliphatic carbocycles. The first kappa shape index (κ1) is 8.74. The third-order valence-corrected chi connectivity index (χ3v) is 1.58. The second kappa shape index (κ2) is 3.88. The number of aliphatic hydroxyl groups excluding tert-OH is 1. The van der Waals surface area contributed by atoms with E-state index < -0.39 is 6.10 Å². The van der Waals surface area contributed by atoms with E-state index in [1.807, 2.05) is 18.2 Å². The molecule has 0 bridgehead atoms. The first-order valence-electron chi connectivity index (χ1n) is 3.61. The molecule has 1 aromatic rings. The molecule has 12 heavy (non-hydrogen) atoms. The van der Waals surface area contributed by atoms with Crippen molar-refractivity contribution in [1.82, 2.24) is 0 Å². The Morgan fingerprint density at radius 3 is 2.50 bits per heavy atom. The van der Waals surface area contributed by atoms with Gasteiger partial charge in [0.05, 0.1) is 7.11 Å². The summed E-state index contributed by atoms with van der Waals surface area (Å²) in [6.45, 7) is 0. The lowest BCUT2D eigenvalue weighted by atomic mass is 10.1. The van der Waals surface area contributed by atoms with Crippen LogP contribution in [0.3, 0.4) is 0 Å². The molecule has 0 fully saturated rings. The predicted molar refractivity (Wildman–Crippen MR) is 46.1 cm³/mol. The fraction of sp³-hybridized carbons (Fsp3) is 0.222. The molecule has 64 valence electrons. The molecular weight excluding hydrogens is 154 g/mol. The highest BCUT2D eigenvalue weighted by Gasteiger charge is 2.12. The Kier molecular flexibility index (Phi) is 2.82. The Hall–Kier alpha value is -1.35. The summed E-state index contributed by atoms with van der Waals surface area (Å²) in [5, 5.41) is 16.6. The summed E-state index contributed by atoms with van der Waals surface area (Å²) in [6.07, 6.45) is -0.948. The van der Waals surface area contributed by atoms with E-state index in [4.69, 9.17) is 5.41 Å². The van der Waals surface area contributed by atoms with Gasteiger partial charge in [0, 0.05) is 0 Å². The molecule has 1 atom stereocenters. The Bertz CT molecular complexity index is 258. The van der Waals surface area contributed by atoms with Crippen molar-refractivity contribution in [2.45, 2.75) is 6.10 Å².